The largest absolute Gasteiger partial charge is 0.492 e. The summed E-state index contributed by atoms with van der Waals surface area (Å²) in [6, 6.07) is 3.56. The van der Waals surface area contributed by atoms with Crippen molar-refractivity contribution in [3.05, 3.63) is 27.7 Å². The molecule has 0 aliphatic carbocycles. The number of hydrogen-bond donors (Lipinski definition) is 2. The zero-order chi connectivity index (χ0) is 14.1. The summed E-state index contributed by atoms with van der Waals surface area (Å²) in [5.74, 6) is 0.688. The minimum atomic E-state index is 0.183. The normalized spacial score (nSPS) is 10.7. The van der Waals surface area contributed by atoms with Crippen molar-refractivity contribution in [1.29, 1.82) is 0 Å². The van der Waals surface area contributed by atoms with Crippen LogP contribution in [0.2, 0.25) is 10.0 Å². The Labute approximate surface area is 124 Å². The zero-order valence-electron chi connectivity index (χ0n) is 11.2. The van der Waals surface area contributed by atoms with E-state index in [4.69, 9.17) is 33.0 Å². The highest BCUT2D eigenvalue weighted by molar-refractivity contribution is 6.35. The summed E-state index contributed by atoms with van der Waals surface area (Å²) in [5.41, 5.74) is 0.968. The van der Waals surface area contributed by atoms with Gasteiger partial charge >= 0.3 is 0 Å². The Morgan fingerprint density at radius 2 is 2.05 bits per heavy atom. The Morgan fingerprint density at radius 1 is 1.26 bits per heavy atom. The highest BCUT2D eigenvalue weighted by atomic mass is 35.5. The minimum absolute atomic E-state index is 0.183. The standard InChI is InChI=1S/C14H21Cl2NO2/c1-2-5-17-10-11-8-12(15)9-13(16)14(11)19-7-4-3-6-18/h8-9,17-18H,2-7,10H2,1H3. The highest BCUT2D eigenvalue weighted by Gasteiger charge is 2.10. The molecule has 1 aromatic rings. The van der Waals surface area contributed by atoms with Gasteiger partial charge in [-0.15, -0.1) is 0 Å². The predicted octanol–water partition coefficient (Wildman–Crippen LogP) is 3.64. The Kier molecular flexibility index (Phi) is 8.22. The molecule has 0 saturated heterocycles. The fourth-order valence-electron chi connectivity index (χ4n) is 1.69. The number of benzene rings is 1. The fraction of sp³-hybridized carbons (Fsp3) is 0.571. The molecule has 19 heavy (non-hydrogen) atoms. The van der Waals surface area contributed by atoms with E-state index in [1.165, 1.54) is 0 Å². The van der Waals surface area contributed by atoms with E-state index in [0.717, 1.165) is 31.4 Å². The molecule has 108 valence electrons. The number of aliphatic hydroxyl groups is 1. The van der Waals surface area contributed by atoms with Crippen molar-refractivity contribution in [3.8, 4) is 5.75 Å². The maximum Gasteiger partial charge on any atom is 0.142 e. The summed E-state index contributed by atoms with van der Waals surface area (Å²) in [6.45, 7) is 4.47. The van der Waals surface area contributed by atoms with Crippen LogP contribution >= 0.6 is 23.2 Å². The number of nitrogens with one attached hydrogen (secondary N) is 1. The van der Waals surface area contributed by atoms with Crippen LogP contribution in [0.15, 0.2) is 12.1 Å². The lowest BCUT2D eigenvalue weighted by Gasteiger charge is -2.14. The predicted molar refractivity (Wildman–Crippen MR) is 80.3 cm³/mol. The van der Waals surface area contributed by atoms with Gasteiger partial charge in [-0.05, 0) is 37.9 Å². The van der Waals surface area contributed by atoms with Gasteiger partial charge in [0.1, 0.15) is 5.75 Å². The lowest BCUT2D eigenvalue weighted by Crippen LogP contribution is -2.15. The second-order valence-corrected chi connectivity index (χ2v) is 5.18. The van der Waals surface area contributed by atoms with Crippen molar-refractivity contribution in [1.82, 2.24) is 5.32 Å². The lowest BCUT2D eigenvalue weighted by molar-refractivity contribution is 0.252. The van der Waals surface area contributed by atoms with Crippen molar-refractivity contribution in [2.45, 2.75) is 32.7 Å². The van der Waals surface area contributed by atoms with Gasteiger partial charge < -0.3 is 15.2 Å². The van der Waals surface area contributed by atoms with Crippen LogP contribution in [0.4, 0.5) is 0 Å². The molecular weight excluding hydrogens is 285 g/mol. The summed E-state index contributed by atoms with van der Waals surface area (Å²) < 4.78 is 5.71. The second kappa shape index (κ2) is 9.43. The van der Waals surface area contributed by atoms with Crippen molar-refractivity contribution < 1.29 is 9.84 Å². The molecule has 0 heterocycles. The Hall–Kier alpha value is -0.480. The van der Waals surface area contributed by atoms with Crippen LogP contribution in [0, 0.1) is 0 Å². The van der Waals surface area contributed by atoms with E-state index >= 15 is 0 Å². The summed E-state index contributed by atoms with van der Waals surface area (Å²) in [7, 11) is 0. The fourth-order valence-corrected chi connectivity index (χ4v) is 2.28. The van der Waals surface area contributed by atoms with Gasteiger partial charge in [-0.25, -0.2) is 0 Å². The van der Waals surface area contributed by atoms with Crippen LogP contribution in [-0.4, -0.2) is 24.9 Å². The highest BCUT2D eigenvalue weighted by Crippen LogP contribution is 2.32. The average Bonchev–Trinajstić information content (AvgIpc) is 2.37. The van der Waals surface area contributed by atoms with Gasteiger partial charge in [-0.3, -0.25) is 0 Å². The molecule has 0 bridgehead atoms. The summed E-state index contributed by atoms with van der Waals surface area (Å²) in [4.78, 5) is 0. The molecule has 0 unspecified atom stereocenters. The summed E-state index contributed by atoms with van der Waals surface area (Å²) in [6.07, 6.45) is 2.60. The quantitative estimate of drug-likeness (QED) is 0.684. The molecule has 1 aromatic carbocycles. The number of aliphatic hydroxyl groups excluding tert-OH is 1. The van der Waals surface area contributed by atoms with Crippen molar-refractivity contribution >= 4 is 23.2 Å². The Morgan fingerprint density at radius 3 is 2.74 bits per heavy atom. The smallest absolute Gasteiger partial charge is 0.142 e. The third-order valence-electron chi connectivity index (χ3n) is 2.63. The maximum absolute atomic E-state index is 8.74. The number of unbranched alkanes of at least 4 members (excludes halogenated alkanes) is 1. The maximum atomic E-state index is 8.74. The number of hydrogen-bond acceptors (Lipinski definition) is 3. The summed E-state index contributed by atoms with van der Waals surface area (Å²) in [5, 5.41) is 13.2. The molecule has 0 aliphatic rings. The minimum Gasteiger partial charge on any atom is -0.492 e. The Balaban J connectivity index is 2.69. The number of ether oxygens (including phenoxy) is 1. The van der Waals surface area contributed by atoms with E-state index in [-0.39, 0.29) is 6.61 Å². The average molecular weight is 306 g/mol. The van der Waals surface area contributed by atoms with Crippen LogP contribution < -0.4 is 10.1 Å². The van der Waals surface area contributed by atoms with E-state index < -0.39 is 0 Å². The molecule has 2 N–H and O–H groups in total. The lowest BCUT2D eigenvalue weighted by atomic mass is 10.2. The van der Waals surface area contributed by atoms with Gasteiger partial charge in [0.05, 0.1) is 11.6 Å². The Bertz CT molecular complexity index is 386. The third-order valence-corrected chi connectivity index (χ3v) is 3.13. The van der Waals surface area contributed by atoms with Crippen molar-refractivity contribution in [3.63, 3.8) is 0 Å². The van der Waals surface area contributed by atoms with Crippen LogP contribution in [0.5, 0.6) is 5.75 Å². The molecule has 0 atom stereocenters. The van der Waals surface area contributed by atoms with E-state index in [1.807, 2.05) is 6.07 Å². The third kappa shape index (κ3) is 6.00. The zero-order valence-corrected chi connectivity index (χ0v) is 12.7. The first-order chi connectivity index (χ1) is 9.19. The molecule has 5 heteroatoms. The van der Waals surface area contributed by atoms with Gasteiger partial charge in [0.25, 0.3) is 0 Å². The van der Waals surface area contributed by atoms with Gasteiger partial charge in [-0.1, -0.05) is 30.1 Å². The summed E-state index contributed by atoms with van der Waals surface area (Å²) >= 11 is 12.2. The van der Waals surface area contributed by atoms with E-state index in [9.17, 15) is 0 Å². The molecular formula is C14H21Cl2NO2. The number of halogens is 2. The molecule has 0 amide bonds. The SMILES string of the molecule is CCCNCc1cc(Cl)cc(Cl)c1OCCCCO. The second-order valence-electron chi connectivity index (χ2n) is 4.33. The topological polar surface area (TPSA) is 41.5 Å². The van der Waals surface area contributed by atoms with Gasteiger partial charge in [0, 0.05) is 23.7 Å². The van der Waals surface area contributed by atoms with E-state index in [0.29, 0.717) is 28.9 Å². The molecule has 0 saturated carbocycles. The molecule has 3 nitrogen and oxygen atoms in total. The van der Waals surface area contributed by atoms with Crippen LogP contribution in [0.25, 0.3) is 0 Å². The van der Waals surface area contributed by atoms with E-state index in [1.54, 1.807) is 6.07 Å². The molecule has 0 spiro atoms. The van der Waals surface area contributed by atoms with Gasteiger partial charge in [0.2, 0.25) is 0 Å². The van der Waals surface area contributed by atoms with Crippen LogP contribution in [0.1, 0.15) is 31.7 Å². The first kappa shape index (κ1) is 16.6. The molecule has 0 radical (unpaired) electrons. The van der Waals surface area contributed by atoms with Crippen LogP contribution in [0.3, 0.4) is 0 Å². The first-order valence-corrected chi connectivity index (χ1v) is 7.37. The molecule has 1 rings (SSSR count). The molecule has 0 aliphatic heterocycles. The number of rotatable bonds is 9. The van der Waals surface area contributed by atoms with Gasteiger partial charge in [0.15, 0.2) is 0 Å². The molecule has 0 aromatic heterocycles. The first-order valence-electron chi connectivity index (χ1n) is 6.61. The van der Waals surface area contributed by atoms with Crippen LogP contribution in [-0.2, 0) is 6.54 Å². The van der Waals surface area contributed by atoms with E-state index in [2.05, 4.69) is 12.2 Å². The molecule has 0 fully saturated rings. The van der Waals surface area contributed by atoms with Crippen molar-refractivity contribution in [2.24, 2.45) is 0 Å². The van der Waals surface area contributed by atoms with Gasteiger partial charge in [-0.2, -0.15) is 0 Å². The monoisotopic (exact) mass is 305 g/mol. The van der Waals surface area contributed by atoms with Crippen molar-refractivity contribution in [2.75, 3.05) is 19.8 Å².